The first-order valence-corrected chi connectivity index (χ1v) is 6.99. The maximum absolute atomic E-state index is 10.8. The fourth-order valence-corrected chi connectivity index (χ4v) is 2.01. The lowest BCUT2D eigenvalue weighted by Gasteiger charge is -2.04. The van der Waals surface area contributed by atoms with Crippen LogP contribution in [0.5, 0.6) is 0 Å². The van der Waals surface area contributed by atoms with Gasteiger partial charge in [0.05, 0.1) is 0 Å². The summed E-state index contributed by atoms with van der Waals surface area (Å²) in [6, 6.07) is 8.15. The van der Waals surface area contributed by atoms with Gasteiger partial charge in [0, 0.05) is 6.42 Å². The summed E-state index contributed by atoms with van der Waals surface area (Å²) in [5.74, 6) is 0. The molecule has 1 aliphatic carbocycles. The Morgan fingerprint density at radius 1 is 1.05 bits per heavy atom. The highest BCUT2D eigenvalue weighted by Crippen LogP contribution is 2.18. The van der Waals surface area contributed by atoms with Crippen molar-refractivity contribution in [3.63, 3.8) is 0 Å². The van der Waals surface area contributed by atoms with Gasteiger partial charge in [0.25, 0.3) is 0 Å². The molecule has 0 atom stereocenters. The maximum Gasteiger partial charge on any atom is 0.143 e. The number of hydrogen-bond donors (Lipinski definition) is 0. The number of allylic oxidation sites excluding steroid dienone is 10. The van der Waals surface area contributed by atoms with E-state index in [1.165, 1.54) is 11.1 Å². The number of aldehydes is 1. The van der Waals surface area contributed by atoms with Crippen molar-refractivity contribution in [2.24, 2.45) is 0 Å². The second-order valence-corrected chi connectivity index (χ2v) is 5.06. The molecule has 0 N–H and O–H groups in total. The average Bonchev–Trinajstić information content (AvgIpc) is 2.49. The molecule has 1 aromatic rings. The van der Waals surface area contributed by atoms with Crippen molar-refractivity contribution in [3.05, 3.63) is 95.5 Å². The smallest absolute Gasteiger partial charge is 0.143 e. The number of aryl methyl sites for hydroxylation is 1. The minimum atomic E-state index is 0.825. The maximum atomic E-state index is 10.8. The summed E-state index contributed by atoms with van der Waals surface area (Å²) in [5, 5.41) is 0. The molecule has 0 unspecified atom stereocenters. The first-order valence-electron chi connectivity index (χ1n) is 6.99. The fourth-order valence-electron chi connectivity index (χ4n) is 2.01. The molecule has 0 spiro atoms. The Hall–Kier alpha value is -2.41. The van der Waals surface area contributed by atoms with Gasteiger partial charge in [-0.05, 0) is 36.6 Å². The van der Waals surface area contributed by atoms with Crippen molar-refractivity contribution in [1.82, 2.24) is 0 Å². The third kappa shape index (κ3) is 4.57. The molecule has 1 aliphatic rings. The van der Waals surface area contributed by atoms with E-state index in [-0.39, 0.29) is 0 Å². The van der Waals surface area contributed by atoms with Crippen molar-refractivity contribution < 1.29 is 4.79 Å². The van der Waals surface area contributed by atoms with E-state index in [0.717, 1.165) is 23.0 Å². The molecule has 1 radical (unpaired) electrons. The molecule has 0 saturated heterocycles. The van der Waals surface area contributed by atoms with Crippen LogP contribution in [0.25, 0.3) is 5.57 Å². The molecular formula is C20H19O. The molecule has 0 amide bonds. The lowest BCUT2D eigenvalue weighted by molar-refractivity contribution is -0.104. The summed E-state index contributed by atoms with van der Waals surface area (Å²) >= 11 is 0. The predicted octanol–water partition coefficient (Wildman–Crippen LogP) is 4.78. The minimum Gasteiger partial charge on any atom is -0.299 e. The van der Waals surface area contributed by atoms with Crippen LogP contribution in [-0.2, 0) is 4.79 Å². The summed E-state index contributed by atoms with van der Waals surface area (Å²) in [6.07, 6.45) is 16.7. The number of rotatable bonds is 4. The van der Waals surface area contributed by atoms with Crippen LogP contribution in [0.15, 0.2) is 77.9 Å². The quantitative estimate of drug-likeness (QED) is 0.439. The van der Waals surface area contributed by atoms with Crippen molar-refractivity contribution in [2.75, 3.05) is 0 Å². The van der Waals surface area contributed by atoms with E-state index >= 15 is 0 Å². The summed E-state index contributed by atoms with van der Waals surface area (Å²) in [4.78, 5) is 10.8. The zero-order valence-electron chi connectivity index (χ0n) is 12.4. The number of carbonyl (C=O) groups is 1. The van der Waals surface area contributed by atoms with Gasteiger partial charge < -0.3 is 0 Å². The van der Waals surface area contributed by atoms with E-state index in [4.69, 9.17) is 0 Å². The third-order valence-corrected chi connectivity index (χ3v) is 3.27. The molecule has 1 heteroatoms. The minimum absolute atomic E-state index is 0.825. The van der Waals surface area contributed by atoms with Crippen LogP contribution in [0.2, 0.25) is 0 Å². The molecule has 0 aliphatic heterocycles. The zero-order valence-corrected chi connectivity index (χ0v) is 12.4. The van der Waals surface area contributed by atoms with E-state index in [2.05, 4.69) is 31.6 Å². The standard InChI is InChI=1S/C20H19O/c1-16-6-10-18(11-7-16)4-3-5-19(14-15-21)20-12-8-17(2)9-13-20/h3-15H,1-2H3/b5-3-,19-14+. The molecule has 0 saturated carbocycles. The van der Waals surface area contributed by atoms with Crippen molar-refractivity contribution >= 4 is 11.9 Å². The highest BCUT2D eigenvalue weighted by atomic mass is 16.1. The van der Waals surface area contributed by atoms with Crippen LogP contribution in [0, 0.1) is 13.3 Å². The van der Waals surface area contributed by atoms with Gasteiger partial charge in [-0.25, -0.2) is 0 Å². The van der Waals surface area contributed by atoms with Crippen LogP contribution >= 0.6 is 0 Å². The van der Waals surface area contributed by atoms with E-state index < -0.39 is 0 Å². The van der Waals surface area contributed by atoms with E-state index in [9.17, 15) is 4.79 Å². The Morgan fingerprint density at radius 3 is 2.43 bits per heavy atom. The topological polar surface area (TPSA) is 17.1 Å². The molecule has 0 heterocycles. The molecule has 21 heavy (non-hydrogen) atoms. The first-order chi connectivity index (χ1) is 10.2. The van der Waals surface area contributed by atoms with Gasteiger partial charge in [-0.2, -0.15) is 0 Å². The van der Waals surface area contributed by atoms with Crippen LogP contribution in [0.1, 0.15) is 18.1 Å². The SMILES string of the molecule is CC1=C[CH]\C(=C/C=C\C(=C/C=O)c2ccc(C)cc2)C=C1. The molecule has 0 aromatic heterocycles. The van der Waals surface area contributed by atoms with Gasteiger partial charge in [0.2, 0.25) is 0 Å². The first kappa shape index (κ1) is 15.0. The van der Waals surface area contributed by atoms with Gasteiger partial charge >= 0.3 is 0 Å². The molecule has 2 rings (SSSR count). The van der Waals surface area contributed by atoms with Gasteiger partial charge in [-0.3, -0.25) is 4.79 Å². The van der Waals surface area contributed by atoms with Crippen LogP contribution in [0.4, 0.5) is 0 Å². The van der Waals surface area contributed by atoms with Crippen molar-refractivity contribution in [1.29, 1.82) is 0 Å². The average molecular weight is 275 g/mol. The molecule has 1 aromatic carbocycles. The van der Waals surface area contributed by atoms with Crippen LogP contribution in [0.3, 0.4) is 0 Å². The Morgan fingerprint density at radius 2 is 1.81 bits per heavy atom. The summed E-state index contributed by atoms with van der Waals surface area (Å²) < 4.78 is 0. The van der Waals surface area contributed by atoms with Crippen LogP contribution < -0.4 is 0 Å². The second-order valence-electron chi connectivity index (χ2n) is 5.06. The Bertz CT molecular complexity index is 650. The molecule has 0 fully saturated rings. The third-order valence-electron chi connectivity index (χ3n) is 3.27. The number of hydrogen-bond acceptors (Lipinski definition) is 1. The zero-order chi connectivity index (χ0) is 15.1. The molecular weight excluding hydrogens is 256 g/mol. The molecule has 0 bridgehead atoms. The number of carbonyl (C=O) groups excluding carboxylic acids is 1. The van der Waals surface area contributed by atoms with Gasteiger partial charge in [0.15, 0.2) is 0 Å². The van der Waals surface area contributed by atoms with E-state index in [1.54, 1.807) is 6.08 Å². The highest BCUT2D eigenvalue weighted by molar-refractivity contribution is 5.86. The van der Waals surface area contributed by atoms with Crippen molar-refractivity contribution in [2.45, 2.75) is 13.8 Å². The molecule has 105 valence electrons. The van der Waals surface area contributed by atoms with E-state index in [0.29, 0.717) is 0 Å². The fraction of sp³-hybridized carbons (Fsp3) is 0.100. The lowest BCUT2D eigenvalue weighted by atomic mass is 10.0. The highest BCUT2D eigenvalue weighted by Gasteiger charge is 1.98. The van der Waals surface area contributed by atoms with Gasteiger partial charge in [-0.1, -0.05) is 71.9 Å². The summed E-state index contributed by atoms with van der Waals surface area (Å²) in [5.41, 5.74) is 5.55. The van der Waals surface area contributed by atoms with Gasteiger partial charge in [-0.15, -0.1) is 0 Å². The lowest BCUT2D eigenvalue weighted by Crippen LogP contribution is -1.85. The van der Waals surface area contributed by atoms with E-state index in [1.807, 2.05) is 49.4 Å². The summed E-state index contributed by atoms with van der Waals surface area (Å²) in [6.45, 7) is 4.12. The molecule has 1 nitrogen and oxygen atoms in total. The number of benzene rings is 1. The van der Waals surface area contributed by atoms with Gasteiger partial charge in [0.1, 0.15) is 6.29 Å². The Balaban J connectivity index is 2.14. The van der Waals surface area contributed by atoms with Crippen molar-refractivity contribution in [3.8, 4) is 0 Å². The summed E-state index contributed by atoms with van der Waals surface area (Å²) in [7, 11) is 0. The normalized spacial score (nSPS) is 17.3. The second kappa shape index (κ2) is 7.39. The predicted molar refractivity (Wildman–Crippen MR) is 89.6 cm³/mol. The Kier molecular flexibility index (Phi) is 5.28. The Labute approximate surface area is 126 Å². The largest absolute Gasteiger partial charge is 0.299 e. The van der Waals surface area contributed by atoms with Crippen LogP contribution in [-0.4, -0.2) is 6.29 Å². The monoisotopic (exact) mass is 275 g/mol.